The Labute approximate surface area is 113 Å². The average Bonchev–Trinajstić information content (AvgIpc) is 2.27. The number of nitrogens with zero attached hydrogens (tertiary/aromatic N) is 1. The third-order valence-corrected chi connectivity index (χ3v) is 2.92. The number of ketones is 1. The van der Waals surface area contributed by atoms with Gasteiger partial charge in [-0.25, -0.2) is 4.79 Å². The van der Waals surface area contributed by atoms with E-state index < -0.39 is 11.7 Å². The van der Waals surface area contributed by atoms with Crippen LogP contribution in [0.1, 0.15) is 43.1 Å². The molecule has 0 aromatic heterocycles. The molecule has 0 saturated carbocycles. The number of ether oxygens (including phenoxy) is 1. The Kier molecular flexibility index (Phi) is 3.35. The van der Waals surface area contributed by atoms with Crippen molar-refractivity contribution in [1.82, 2.24) is 0 Å². The van der Waals surface area contributed by atoms with Gasteiger partial charge in [-0.2, -0.15) is 0 Å². The normalized spacial score (nSPS) is 15.2. The lowest BCUT2D eigenvalue weighted by molar-refractivity contribution is 0.0577. The number of Topliss-reactive ketones (excluding diaryl/α,β-unsaturated/α-hetero) is 1. The van der Waals surface area contributed by atoms with E-state index in [9.17, 15) is 9.59 Å². The van der Waals surface area contributed by atoms with Crippen LogP contribution in [-0.4, -0.2) is 24.0 Å². The van der Waals surface area contributed by atoms with Gasteiger partial charge < -0.3 is 4.74 Å². The molecule has 0 saturated heterocycles. The van der Waals surface area contributed by atoms with Crippen molar-refractivity contribution >= 4 is 17.6 Å². The fraction of sp³-hybridized carbons (Fsp3) is 0.467. The van der Waals surface area contributed by atoms with E-state index in [4.69, 9.17) is 4.74 Å². The van der Waals surface area contributed by atoms with E-state index in [-0.39, 0.29) is 5.78 Å². The van der Waals surface area contributed by atoms with Crippen LogP contribution in [0.2, 0.25) is 0 Å². The highest BCUT2D eigenvalue weighted by Gasteiger charge is 2.30. The SMILES string of the molecule is Cc1ccc2c(c1)C(=O)CCN2C(=O)OC(C)(C)C. The van der Waals surface area contributed by atoms with E-state index in [1.54, 1.807) is 4.90 Å². The molecule has 0 atom stereocenters. The first-order valence-corrected chi connectivity index (χ1v) is 6.42. The lowest BCUT2D eigenvalue weighted by atomic mass is 9.99. The zero-order chi connectivity index (χ0) is 14.2. The molecule has 0 unspecified atom stereocenters. The van der Waals surface area contributed by atoms with E-state index in [1.807, 2.05) is 45.9 Å². The van der Waals surface area contributed by atoms with Crippen LogP contribution in [0.15, 0.2) is 18.2 Å². The molecule has 0 aliphatic carbocycles. The van der Waals surface area contributed by atoms with E-state index in [2.05, 4.69) is 0 Å². The number of carbonyl (C=O) groups is 2. The standard InChI is InChI=1S/C15H19NO3/c1-10-5-6-12-11(9-10)13(17)7-8-16(12)14(18)19-15(2,3)4/h5-6,9H,7-8H2,1-4H3. The predicted molar refractivity (Wildman–Crippen MR) is 73.7 cm³/mol. The van der Waals surface area contributed by atoms with Crippen molar-refractivity contribution < 1.29 is 14.3 Å². The van der Waals surface area contributed by atoms with Crippen LogP contribution in [0.4, 0.5) is 10.5 Å². The Morgan fingerprint density at radius 2 is 2.00 bits per heavy atom. The summed E-state index contributed by atoms with van der Waals surface area (Å²) in [6.45, 7) is 7.80. The van der Waals surface area contributed by atoms with Crippen LogP contribution in [0.3, 0.4) is 0 Å². The highest BCUT2D eigenvalue weighted by molar-refractivity contribution is 6.07. The maximum absolute atomic E-state index is 12.2. The Balaban J connectivity index is 2.33. The van der Waals surface area contributed by atoms with Gasteiger partial charge in [-0.3, -0.25) is 9.69 Å². The summed E-state index contributed by atoms with van der Waals surface area (Å²) in [4.78, 5) is 25.6. The highest BCUT2D eigenvalue weighted by atomic mass is 16.6. The fourth-order valence-corrected chi connectivity index (χ4v) is 2.08. The number of carbonyl (C=O) groups excluding carboxylic acids is 2. The van der Waals surface area contributed by atoms with Gasteiger partial charge in [-0.1, -0.05) is 11.6 Å². The average molecular weight is 261 g/mol. The molecular formula is C15H19NO3. The third kappa shape index (κ3) is 2.95. The zero-order valence-electron chi connectivity index (χ0n) is 11.8. The first-order chi connectivity index (χ1) is 8.78. The Morgan fingerprint density at radius 1 is 1.32 bits per heavy atom. The summed E-state index contributed by atoms with van der Waals surface area (Å²) in [5, 5.41) is 0. The summed E-state index contributed by atoms with van der Waals surface area (Å²) in [6, 6.07) is 5.54. The summed E-state index contributed by atoms with van der Waals surface area (Å²) in [5.74, 6) is 0.0820. The molecule has 0 N–H and O–H groups in total. The van der Waals surface area contributed by atoms with E-state index in [0.717, 1.165) is 5.56 Å². The monoisotopic (exact) mass is 261 g/mol. The summed E-state index contributed by atoms with van der Waals surface area (Å²) in [7, 11) is 0. The zero-order valence-corrected chi connectivity index (χ0v) is 11.8. The van der Waals surface area contributed by atoms with Crippen molar-refractivity contribution in [2.24, 2.45) is 0 Å². The molecule has 19 heavy (non-hydrogen) atoms. The van der Waals surface area contributed by atoms with Gasteiger partial charge in [0.1, 0.15) is 5.60 Å². The quantitative estimate of drug-likeness (QED) is 0.719. The minimum atomic E-state index is -0.538. The Morgan fingerprint density at radius 3 is 2.63 bits per heavy atom. The van der Waals surface area contributed by atoms with Gasteiger partial charge in [-0.15, -0.1) is 0 Å². The van der Waals surface area contributed by atoms with Crippen molar-refractivity contribution in [3.63, 3.8) is 0 Å². The van der Waals surface area contributed by atoms with Crippen molar-refractivity contribution in [3.05, 3.63) is 29.3 Å². The summed E-state index contributed by atoms with van der Waals surface area (Å²) in [6.07, 6.45) is -0.0551. The fourth-order valence-electron chi connectivity index (χ4n) is 2.08. The number of aryl methyl sites for hydroxylation is 1. The molecule has 1 aromatic rings. The molecule has 1 aromatic carbocycles. The van der Waals surface area contributed by atoms with E-state index in [0.29, 0.717) is 24.2 Å². The molecule has 4 heteroatoms. The van der Waals surface area contributed by atoms with Crippen LogP contribution >= 0.6 is 0 Å². The second kappa shape index (κ2) is 4.68. The maximum Gasteiger partial charge on any atom is 0.414 e. The molecule has 0 bridgehead atoms. The minimum Gasteiger partial charge on any atom is -0.443 e. The molecular weight excluding hydrogens is 242 g/mol. The second-order valence-electron chi connectivity index (χ2n) is 5.83. The number of benzene rings is 1. The largest absolute Gasteiger partial charge is 0.443 e. The lowest BCUT2D eigenvalue weighted by Gasteiger charge is -2.31. The van der Waals surface area contributed by atoms with Gasteiger partial charge in [0.15, 0.2) is 5.78 Å². The number of hydrogen-bond acceptors (Lipinski definition) is 3. The van der Waals surface area contributed by atoms with Crippen molar-refractivity contribution in [1.29, 1.82) is 0 Å². The smallest absolute Gasteiger partial charge is 0.414 e. The molecule has 2 rings (SSSR count). The lowest BCUT2D eigenvalue weighted by Crippen LogP contribution is -2.41. The maximum atomic E-state index is 12.2. The predicted octanol–water partition coefficient (Wildman–Crippen LogP) is 3.32. The van der Waals surface area contributed by atoms with Crippen LogP contribution in [0, 0.1) is 6.92 Å². The van der Waals surface area contributed by atoms with Gasteiger partial charge in [-0.05, 0) is 39.8 Å². The van der Waals surface area contributed by atoms with Crippen molar-refractivity contribution in [2.75, 3.05) is 11.4 Å². The first-order valence-electron chi connectivity index (χ1n) is 6.42. The molecule has 4 nitrogen and oxygen atoms in total. The van der Waals surface area contributed by atoms with Crippen LogP contribution in [0.25, 0.3) is 0 Å². The number of hydrogen-bond donors (Lipinski definition) is 0. The van der Waals surface area contributed by atoms with Crippen molar-refractivity contribution in [3.8, 4) is 0 Å². The first kappa shape index (κ1) is 13.6. The molecule has 0 radical (unpaired) electrons. The third-order valence-electron chi connectivity index (χ3n) is 2.92. The molecule has 1 aliphatic heterocycles. The molecule has 1 amide bonds. The Bertz CT molecular complexity index is 529. The number of fused-ring (bicyclic) bond motifs is 1. The molecule has 1 aliphatic rings. The Hall–Kier alpha value is -1.84. The van der Waals surface area contributed by atoms with E-state index >= 15 is 0 Å². The van der Waals surface area contributed by atoms with Gasteiger partial charge in [0.2, 0.25) is 0 Å². The van der Waals surface area contributed by atoms with Gasteiger partial charge in [0.05, 0.1) is 5.69 Å². The number of rotatable bonds is 0. The van der Waals surface area contributed by atoms with Crippen LogP contribution < -0.4 is 4.90 Å². The van der Waals surface area contributed by atoms with Gasteiger partial charge in [0.25, 0.3) is 0 Å². The number of amides is 1. The van der Waals surface area contributed by atoms with Crippen LogP contribution in [-0.2, 0) is 4.74 Å². The molecule has 0 fully saturated rings. The highest BCUT2D eigenvalue weighted by Crippen LogP contribution is 2.29. The van der Waals surface area contributed by atoms with Gasteiger partial charge >= 0.3 is 6.09 Å². The summed E-state index contributed by atoms with van der Waals surface area (Å²) in [5.41, 5.74) is 1.73. The summed E-state index contributed by atoms with van der Waals surface area (Å²) < 4.78 is 5.38. The minimum absolute atomic E-state index is 0.0820. The molecule has 0 spiro atoms. The topological polar surface area (TPSA) is 46.6 Å². The van der Waals surface area contributed by atoms with Crippen molar-refractivity contribution in [2.45, 2.75) is 39.7 Å². The molecule has 102 valence electrons. The number of anilines is 1. The van der Waals surface area contributed by atoms with Gasteiger partial charge in [0, 0.05) is 18.5 Å². The summed E-state index contributed by atoms with van der Waals surface area (Å²) >= 11 is 0. The van der Waals surface area contributed by atoms with E-state index in [1.165, 1.54) is 0 Å². The second-order valence-corrected chi connectivity index (χ2v) is 5.83. The molecule has 1 heterocycles. The van der Waals surface area contributed by atoms with Crippen LogP contribution in [0.5, 0.6) is 0 Å².